The number of nitrogens with one attached hydrogen (secondary N) is 3. The Morgan fingerprint density at radius 1 is 1.08 bits per heavy atom. The van der Waals surface area contributed by atoms with Crippen LogP contribution in [0.15, 0.2) is 34.5 Å². The molecule has 4 rings (SSSR count). The third-order valence-electron chi connectivity index (χ3n) is 4.75. The highest BCUT2D eigenvalue weighted by atomic mass is 32.2. The van der Waals surface area contributed by atoms with E-state index in [9.17, 15) is 8.42 Å². The summed E-state index contributed by atoms with van der Waals surface area (Å²) in [6.45, 7) is 5.20. The van der Waals surface area contributed by atoms with E-state index in [-0.39, 0.29) is 10.3 Å². The van der Waals surface area contributed by atoms with Crippen LogP contribution in [-0.2, 0) is 10.0 Å². The molecule has 1 fully saturated rings. The van der Waals surface area contributed by atoms with Crippen molar-refractivity contribution in [2.24, 2.45) is 5.92 Å². The van der Waals surface area contributed by atoms with E-state index in [1.807, 2.05) is 6.07 Å². The topological polar surface area (TPSA) is 88.7 Å². The largest absolute Gasteiger partial charge is 0.486 e. The third-order valence-corrected chi connectivity index (χ3v) is 7.79. The molecule has 1 saturated heterocycles. The molecule has 2 aromatic rings. The summed E-state index contributed by atoms with van der Waals surface area (Å²) in [5.74, 6) is 1.54. The number of benzene rings is 1. The molecule has 26 heavy (non-hydrogen) atoms. The van der Waals surface area contributed by atoms with Gasteiger partial charge in [-0.15, -0.1) is 11.3 Å². The quantitative estimate of drug-likeness (QED) is 0.737. The Bertz CT molecular complexity index is 912. The van der Waals surface area contributed by atoms with E-state index < -0.39 is 10.0 Å². The molecule has 0 spiro atoms. The van der Waals surface area contributed by atoms with Crippen LogP contribution in [0.25, 0.3) is 0 Å². The summed E-state index contributed by atoms with van der Waals surface area (Å²) >= 11 is 1.28. The van der Waals surface area contributed by atoms with E-state index in [4.69, 9.17) is 9.47 Å². The molecule has 1 aromatic carbocycles. The van der Waals surface area contributed by atoms with Gasteiger partial charge in [0.1, 0.15) is 17.4 Å². The van der Waals surface area contributed by atoms with Crippen LogP contribution in [0.4, 0.5) is 5.69 Å². The van der Waals surface area contributed by atoms with Crippen LogP contribution in [-0.4, -0.2) is 27.7 Å². The molecule has 3 atom stereocenters. The number of anilines is 1. The predicted molar refractivity (Wildman–Crippen MR) is 100 cm³/mol. The van der Waals surface area contributed by atoms with E-state index in [1.54, 1.807) is 24.3 Å². The highest BCUT2D eigenvalue weighted by Gasteiger charge is 2.32. The Hall–Kier alpha value is -1.81. The van der Waals surface area contributed by atoms with Crippen molar-refractivity contribution in [3.05, 3.63) is 35.2 Å². The molecule has 2 aliphatic rings. The first-order chi connectivity index (χ1) is 12.4. The summed E-state index contributed by atoms with van der Waals surface area (Å²) in [5, 5.41) is 0. The summed E-state index contributed by atoms with van der Waals surface area (Å²) in [5.41, 5.74) is 6.89. The molecular weight excluding hydrogens is 374 g/mol. The standard InChI is InChI=1S/C17H21N3O4S2/c1-10-11(2)18-19-17(10)15-5-6-16(25-15)26(21,22)20-12-3-4-13-14(9-12)24-8-7-23-13/h3-6,9-11,17-20H,7-8H2,1-2H3. The van der Waals surface area contributed by atoms with Crippen molar-refractivity contribution in [2.45, 2.75) is 30.1 Å². The minimum atomic E-state index is -3.66. The lowest BCUT2D eigenvalue weighted by atomic mass is 9.97. The second-order valence-electron chi connectivity index (χ2n) is 6.53. The molecule has 9 heteroatoms. The van der Waals surface area contributed by atoms with Crippen molar-refractivity contribution in [2.75, 3.05) is 17.9 Å². The van der Waals surface area contributed by atoms with E-state index >= 15 is 0 Å². The zero-order chi connectivity index (χ0) is 18.3. The number of hydrazine groups is 1. The Morgan fingerprint density at radius 3 is 2.58 bits per heavy atom. The number of ether oxygens (including phenoxy) is 2. The van der Waals surface area contributed by atoms with Crippen molar-refractivity contribution in [3.63, 3.8) is 0 Å². The molecule has 2 aliphatic heterocycles. The van der Waals surface area contributed by atoms with Gasteiger partial charge in [-0.3, -0.25) is 10.1 Å². The van der Waals surface area contributed by atoms with Gasteiger partial charge in [0.15, 0.2) is 11.5 Å². The highest BCUT2D eigenvalue weighted by molar-refractivity contribution is 7.94. The van der Waals surface area contributed by atoms with Gasteiger partial charge in [-0.05, 0) is 37.1 Å². The van der Waals surface area contributed by atoms with E-state index in [2.05, 4.69) is 29.4 Å². The van der Waals surface area contributed by atoms with Crippen molar-refractivity contribution < 1.29 is 17.9 Å². The van der Waals surface area contributed by atoms with Crippen LogP contribution >= 0.6 is 11.3 Å². The normalized spacial score (nSPS) is 25.2. The predicted octanol–water partition coefficient (Wildman–Crippen LogP) is 2.49. The number of sulfonamides is 1. The van der Waals surface area contributed by atoms with Gasteiger partial charge in [0, 0.05) is 17.0 Å². The van der Waals surface area contributed by atoms with Gasteiger partial charge in [0.05, 0.1) is 11.7 Å². The second kappa shape index (κ2) is 6.73. The Kier molecular flexibility index (Phi) is 4.55. The number of fused-ring (bicyclic) bond motifs is 1. The molecule has 0 radical (unpaired) electrons. The molecule has 1 aromatic heterocycles. The monoisotopic (exact) mass is 395 g/mol. The van der Waals surface area contributed by atoms with Crippen LogP contribution < -0.4 is 25.0 Å². The molecule has 0 amide bonds. The van der Waals surface area contributed by atoms with Gasteiger partial charge in [0.2, 0.25) is 0 Å². The molecule has 0 bridgehead atoms. The smallest absolute Gasteiger partial charge is 0.271 e. The third kappa shape index (κ3) is 3.27. The molecule has 7 nitrogen and oxygen atoms in total. The van der Waals surface area contributed by atoms with Gasteiger partial charge in [0.25, 0.3) is 10.0 Å². The molecular formula is C17H21N3O4S2. The van der Waals surface area contributed by atoms with Gasteiger partial charge >= 0.3 is 0 Å². The van der Waals surface area contributed by atoms with Crippen molar-refractivity contribution in [1.82, 2.24) is 10.9 Å². The lowest BCUT2D eigenvalue weighted by Crippen LogP contribution is -2.28. The first kappa shape index (κ1) is 17.6. The van der Waals surface area contributed by atoms with Gasteiger partial charge in [-0.1, -0.05) is 6.92 Å². The van der Waals surface area contributed by atoms with Crippen molar-refractivity contribution in [1.29, 1.82) is 0 Å². The van der Waals surface area contributed by atoms with Gasteiger partial charge in [-0.25, -0.2) is 13.8 Å². The second-order valence-corrected chi connectivity index (χ2v) is 9.56. The lowest BCUT2D eigenvalue weighted by Gasteiger charge is -2.19. The van der Waals surface area contributed by atoms with E-state index in [0.29, 0.717) is 42.4 Å². The van der Waals surface area contributed by atoms with Crippen LogP contribution in [0, 0.1) is 5.92 Å². The maximum absolute atomic E-state index is 12.7. The van der Waals surface area contributed by atoms with E-state index in [1.165, 1.54) is 11.3 Å². The first-order valence-corrected chi connectivity index (χ1v) is 10.8. The molecule has 3 N–H and O–H groups in total. The Balaban J connectivity index is 1.54. The molecule has 140 valence electrons. The van der Waals surface area contributed by atoms with E-state index in [0.717, 1.165) is 4.88 Å². The SMILES string of the molecule is CC1NNC(c2ccc(S(=O)(=O)Nc3ccc4c(c3)OCCO4)s2)C1C. The molecule has 0 saturated carbocycles. The summed E-state index contributed by atoms with van der Waals surface area (Å²) in [4.78, 5) is 0.997. The Morgan fingerprint density at radius 2 is 1.85 bits per heavy atom. The minimum Gasteiger partial charge on any atom is -0.486 e. The minimum absolute atomic E-state index is 0.105. The van der Waals surface area contributed by atoms with Gasteiger partial charge in [-0.2, -0.15) is 0 Å². The molecule has 3 unspecified atom stereocenters. The summed E-state index contributed by atoms with van der Waals surface area (Å²) < 4.78 is 39.3. The number of rotatable bonds is 4. The first-order valence-electron chi connectivity index (χ1n) is 8.47. The number of hydrogen-bond acceptors (Lipinski definition) is 7. The molecule has 3 heterocycles. The van der Waals surface area contributed by atoms with Gasteiger partial charge < -0.3 is 9.47 Å². The van der Waals surface area contributed by atoms with Crippen molar-refractivity contribution in [3.8, 4) is 11.5 Å². The summed E-state index contributed by atoms with van der Waals surface area (Å²) in [6.07, 6.45) is 0. The van der Waals surface area contributed by atoms with Crippen LogP contribution in [0.1, 0.15) is 24.8 Å². The number of hydrogen-bond donors (Lipinski definition) is 3. The zero-order valence-electron chi connectivity index (χ0n) is 14.5. The fourth-order valence-corrected chi connectivity index (χ4v) is 5.60. The van der Waals surface area contributed by atoms with Crippen molar-refractivity contribution >= 4 is 27.0 Å². The zero-order valence-corrected chi connectivity index (χ0v) is 16.1. The van der Waals surface area contributed by atoms with Crippen LogP contribution in [0.2, 0.25) is 0 Å². The Labute approximate surface area is 156 Å². The summed E-state index contributed by atoms with van der Waals surface area (Å²) in [6, 6.07) is 8.99. The maximum Gasteiger partial charge on any atom is 0.271 e. The summed E-state index contributed by atoms with van der Waals surface area (Å²) in [7, 11) is -3.66. The highest BCUT2D eigenvalue weighted by Crippen LogP contribution is 2.36. The molecule has 0 aliphatic carbocycles. The fraction of sp³-hybridized carbons (Fsp3) is 0.412. The average Bonchev–Trinajstić information content (AvgIpc) is 3.23. The lowest BCUT2D eigenvalue weighted by molar-refractivity contribution is 0.171. The average molecular weight is 396 g/mol. The fourth-order valence-electron chi connectivity index (χ4n) is 3.06. The van der Waals surface area contributed by atoms with Crippen LogP contribution in [0.3, 0.4) is 0 Å². The van der Waals surface area contributed by atoms with Crippen LogP contribution in [0.5, 0.6) is 11.5 Å². The number of thiophene rings is 1. The maximum atomic E-state index is 12.7.